The van der Waals surface area contributed by atoms with Crippen LogP contribution in [0.2, 0.25) is 0 Å². The van der Waals surface area contributed by atoms with E-state index in [1.807, 2.05) is 0 Å². The molecule has 6 nitrogen and oxygen atoms in total. The second-order valence-electron chi connectivity index (χ2n) is 8.55. The molecule has 1 unspecified atom stereocenters. The van der Waals surface area contributed by atoms with Gasteiger partial charge in [-0.3, -0.25) is 4.98 Å². The normalized spacial score (nSPS) is 17.4. The van der Waals surface area contributed by atoms with Gasteiger partial charge < -0.3 is 24.4 Å². The molecule has 1 aliphatic carbocycles. The van der Waals surface area contributed by atoms with Gasteiger partial charge in [-0.15, -0.1) is 0 Å². The molecule has 1 fully saturated rings. The number of fused-ring (bicyclic) bond motifs is 2. The molecule has 1 atom stereocenters. The molecule has 1 aliphatic heterocycles. The summed E-state index contributed by atoms with van der Waals surface area (Å²) in [4.78, 5) is 7.48. The first kappa shape index (κ1) is 21.3. The number of nitrogens with one attached hydrogen (secondary N) is 1. The van der Waals surface area contributed by atoms with E-state index in [1.165, 1.54) is 42.9 Å². The van der Waals surface area contributed by atoms with Crippen molar-refractivity contribution in [3.8, 4) is 5.75 Å². The summed E-state index contributed by atoms with van der Waals surface area (Å²) in [5.74, 6) is 0.867. The third-order valence-corrected chi connectivity index (χ3v) is 6.23. The maximum absolute atomic E-state index is 6.01. The maximum atomic E-state index is 6.01. The van der Waals surface area contributed by atoms with Crippen molar-refractivity contribution in [1.29, 1.82) is 0 Å². The van der Waals surface area contributed by atoms with Crippen LogP contribution < -0.4 is 10.1 Å². The topological polar surface area (TPSA) is 55.8 Å². The van der Waals surface area contributed by atoms with Gasteiger partial charge in [-0.25, -0.2) is 0 Å². The Hall–Kier alpha value is -1.89. The number of pyridine rings is 1. The van der Waals surface area contributed by atoms with Crippen LogP contribution in [0.5, 0.6) is 5.75 Å². The third kappa shape index (κ3) is 4.71. The number of aromatic nitrogens is 1. The van der Waals surface area contributed by atoms with Crippen molar-refractivity contribution >= 4 is 16.6 Å². The van der Waals surface area contributed by atoms with Gasteiger partial charge in [-0.05, 0) is 69.8 Å². The summed E-state index contributed by atoms with van der Waals surface area (Å²) < 4.78 is 17.1. The second kappa shape index (κ2) is 9.94. The summed E-state index contributed by atoms with van der Waals surface area (Å²) in [5, 5.41) is 4.80. The fraction of sp³-hybridized carbons (Fsp3) is 0.625. The van der Waals surface area contributed by atoms with Crippen LogP contribution in [0.1, 0.15) is 43.0 Å². The molecule has 6 heteroatoms. The molecule has 164 valence electrons. The zero-order valence-corrected chi connectivity index (χ0v) is 18.6. The summed E-state index contributed by atoms with van der Waals surface area (Å²) in [7, 11) is 3.47. The van der Waals surface area contributed by atoms with E-state index in [1.54, 1.807) is 14.2 Å². The molecule has 0 saturated carbocycles. The first-order chi connectivity index (χ1) is 14.7. The van der Waals surface area contributed by atoms with Gasteiger partial charge in [-0.2, -0.15) is 0 Å². The lowest BCUT2D eigenvalue weighted by Gasteiger charge is -2.21. The molecule has 0 spiro atoms. The maximum Gasteiger partial charge on any atom is 0.125 e. The van der Waals surface area contributed by atoms with Crippen LogP contribution in [0.4, 0.5) is 5.69 Å². The van der Waals surface area contributed by atoms with E-state index in [0.29, 0.717) is 13.2 Å². The largest absolute Gasteiger partial charge is 0.496 e. The van der Waals surface area contributed by atoms with Crippen molar-refractivity contribution in [2.75, 3.05) is 52.4 Å². The van der Waals surface area contributed by atoms with E-state index in [2.05, 4.69) is 29.3 Å². The Kier molecular flexibility index (Phi) is 7.08. The van der Waals surface area contributed by atoms with Crippen LogP contribution in [0.3, 0.4) is 0 Å². The number of rotatable bonds is 10. The van der Waals surface area contributed by atoms with Gasteiger partial charge in [0.25, 0.3) is 0 Å². The monoisotopic (exact) mass is 413 g/mol. The summed E-state index contributed by atoms with van der Waals surface area (Å²) in [5.41, 5.74) is 5.84. The zero-order chi connectivity index (χ0) is 20.9. The Bertz CT molecular complexity index is 865. The van der Waals surface area contributed by atoms with Gasteiger partial charge in [-0.1, -0.05) is 0 Å². The van der Waals surface area contributed by atoms with Gasteiger partial charge in [0.2, 0.25) is 0 Å². The van der Waals surface area contributed by atoms with Gasteiger partial charge in [0.1, 0.15) is 5.75 Å². The van der Waals surface area contributed by atoms with E-state index < -0.39 is 0 Å². The van der Waals surface area contributed by atoms with Crippen molar-refractivity contribution in [3.63, 3.8) is 0 Å². The fourth-order valence-corrected chi connectivity index (χ4v) is 4.72. The summed E-state index contributed by atoms with van der Waals surface area (Å²) in [6.07, 6.45) is 5.91. The van der Waals surface area contributed by atoms with E-state index in [-0.39, 0.29) is 6.04 Å². The number of hydrogen-bond acceptors (Lipinski definition) is 6. The van der Waals surface area contributed by atoms with Crippen LogP contribution in [0, 0.1) is 0 Å². The second-order valence-corrected chi connectivity index (χ2v) is 8.55. The number of nitrogens with zero attached hydrogens (tertiary/aromatic N) is 2. The summed E-state index contributed by atoms with van der Waals surface area (Å²) >= 11 is 0. The minimum Gasteiger partial charge on any atom is -0.496 e. The molecule has 30 heavy (non-hydrogen) atoms. The minimum atomic E-state index is 0.227. The van der Waals surface area contributed by atoms with Gasteiger partial charge in [0.15, 0.2) is 0 Å². The van der Waals surface area contributed by atoms with E-state index in [0.717, 1.165) is 54.6 Å². The molecule has 1 aromatic heterocycles. The molecule has 0 amide bonds. The van der Waals surface area contributed by atoms with Gasteiger partial charge in [0.05, 0.1) is 32.4 Å². The van der Waals surface area contributed by atoms with E-state index in [9.17, 15) is 0 Å². The highest BCUT2D eigenvalue weighted by Gasteiger charge is 2.22. The van der Waals surface area contributed by atoms with Crippen molar-refractivity contribution in [2.24, 2.45) is 0 Å². The minimum absolute atomic E-state index is 0.227. The Balaban J connectivity index is 1.57. The quantitative estimate of drug-likeness (QED) is 0.598. The van der Waals surface area contributed by atoms with Crippen molar-refractivity contribution in [2.45, 2.75) is 51.7 Å². The molecule has 2 aromatic rings. The highest BCUT2D eigenvalue weighted by atomic mass is 16.5. The number of hydrogen-bond donors (Lipinski definition) is 1. The average Bonchev–Trinajstić information content (AvgIpc) is 3.42. The van der Waals surface area contributed by atoms with E-state index >= 15 is 0 Å². The lowest BCUT2D eigenvalue weighted by Crippen LogP contribution is -2.24. The van der Waals surface area contributed by atoms with E-state index in [4.69, 9.17) is 19.2 Å². The summed E-state index contributed by atoms with van der Waals surface area (Å²) in [6.45, 7) is 7.53. The van der Waals surface area contributed by atoms with Crippen LogP contribution >= 0.6 is 0 Å². The molecule has 2 aliphatic rings. The molecular formula is C24H35N3O3. The average molecular weight is 414 g/mol. The Morgan fingerprint density at radius 1 is 1.13 bits per heavy atom. The first-order valence-corrected chi connectivity index (χ1v) is 11.3. The standard InChI is InChI=1S/C24H35N3O3/c1-17(15-28-2)25-24-19-7-6-8-21(19)26-22-13-18(23(29-3)14-20(22)24)16-30-12-11-27-9-4-5-10-27/h13-14,17H,4-12,15-16H2,1-3H3,(H,25,26). The Morgan fingerprint density at radius 3 is 2.73 bits per heavy atom. The number of aryl methyl sites for hydroxylation is 1. The molecule has 1 saturated heterocycles. The summed E-state index contributed by atoms with van der Waals surface area (Å²) in [6, 6.07) is 4.50. The highest BCUT2D eigenvalue weighted by Crippen LogP contribution is 2.37. The Labute approximate surface area is 179 Å². The lowest BCUT2D eigenvalue weighted by molar-refractivity contribution is 0.0979. The van der Waals surface area contributed by atoms with Crippen molar-refractivity contribution < 1.29 is 14.2 Å². The predicted molar refractivity (Wildman–Crippen MR) is 121 cm³/mol. The molecule has 1 aromatic carbocycles. The Morgan fingerprint density at radius 2 is 1.97 bits per heavy atom. The first-order valence-electron chi connectivity index (χ1n) is 11.3. The molecule has 0 bridgehead atoms. The van der Waals surface area contributed by atoms with Crippen LogP contribution in [0.25, 0.3) is 10.9 Å². The molecular weight excluding hydrogens is 378 g/mol. The number of anilines is 1. The predicted octanol–water partition coefficient (Wildman–Crippen LogP) is 3.79. The van der Waals surface area contributed by atoms with Crippen LogP contribution in [-0.4, -0.2) is 63.0 Å². The SMILES string of the molecule is COCC(C)Nc1c2c(nc3cc(COCCN4CCCC4)c(OC)cc13)CCC2. The van der Waals surface area contributed by atoms with Gasteiger partial charge in [0, 0.05) is 42.0 Å². The zero-order valence-electron chi connectivity index (χ0n) is 18.6. The molecule has 2 heterocycles. The van der Waals surface area contributed by atoms with Crippen molar-refractivity contribution in [3.05, 3.63) is 29.0 Å². The number of benzene rings is 1. The molecule has 0 radical (unpaired) electrons. The number of ether oxygens (including phenoxy) is 3. The van der Waals surface area contributed by atoms with Gasteiger partial charge >= 0.3 is 0 Å². The van der Waals surface area contributed by atoms with Crippen LogP contribution in [0.15, 0.2) is 12.1 Å². The third-order valence-electron chi connectivity index (χ3n) is 6.23. The smallest absolute Gasteiger partial charge is 0.125 e. The van der Waals surface area contributed by atoms with Crippen molar-refractivity contribution in [1.82, 2.24) is 9.88 Å². The fourth-order valence-electron chi connectivity index (χ4n) is 4.72. The number of methoxy groups -OCH3 is 2. The highest BCUT2D eigenvalue weighted by molar-refractivity contribution is 5.95. The number of likely N-dealkylation sites (tertiary alicyclic amines) is 1. The van der Waals surface area contributed by atoms with Crippen LogP contribution in [-0.2, 0) is 28.9 Å². The molecule has 1 N–H and O–H groups in total. The molecule has 4 rings (SSSR count). The lowest BCUT2D eigenvalue weighted by atomic mass is 10.0.